The molecule has 0 spiro atoms. The molecule has 1 aliphatic heterocycles. The third-order valence-corrected chi connectivity index (χ3v) is 5.89. The summed E-state index contributed by atoms with van der Waals surface area (Å²) in [5.41, 5.74) is 5.11. The summed E-state index contributed by atoms with van der Waals surface area (Å²) in [4.78, 5) is -0.500. The fraction of sp³-hybridized carbons (Fsp3) is 0.455. The van der Waals surface area contributed by atoms with Gasteiger partial charge in [-0.25, -0.2) is 17.5 Å². The molecule has 1 aliphatic rings. The van der Waals surface area contributed by atoms with Gasteiger partial charge in [-0.3, -0.25) is 0 Å². The number of hydrogen-bond donors (Lipinski definition) is 2. The van der Waals surface area contributed by atoms with E-state index in [-0.39, 0.29) is 16.0 Å². The molecule has 1 saturated heterocycles. The molecule has 8 heteroatoms. The van der Waals surface area contributed by atoms with E-state index in [9.17, 15) is 12.8 Å². The van der Waals surface area contributed by atoms with Crippen molar-refractivity contribution in [3.05, 3.63) is 23.0 Å². The number of halogens is 2. The molecule has 0 amide bonds. The van der Waals surface area contributed by atoms with Crippen LogP contribution in [0, 0.1) is 5.82 Å². The van der Waals surface area contributed by atoms with Crippen molar-refractivity contribution in [2.75, 3.05) is 18.0 Å². The summed E-state index contributed by atoms with van der Waals surface area (Å²) in [5.74, 6) is 0.0705. The first kappa shape index (κ1) is 14.9. The minimum Gasteiger partial charge on any atom is -0.396 e. The Morgan fingerprint density at radius 2 is 2.26 bits per heavy atom. The summed E-state index contributed by atoms with van der Waals surface area (Å²) < 4.78 is 40.3. The van der Waals surface area contributed by atoms with Crippen molar-refractivity contribution in [1.29, 1.82) is 0 Å². The molecule has 1 unspecified atom stereocenters. The molecule has 0 aromatic heterocycles. The lowest BCUT2D eigenvalue weighted by molar-refractivity contribution is 0.557. The van der Waals surface area contributed by atoms with E-state index in [1.165, 1.54) is 6.07 Å². The molecule has 1 aromatic rings. The highest BCUT2D eigenvalue weighted by Gasteiger charge is 2.24. The number of nitrogen functional groups attached to an aromatic ring is 1. The Hall–Kier alpha value is -0.500. The monoisotopic (exact) mass is 324 g/mol. The van der Waals surface area contributed by atoms with Gasteiger partial charge in [-0.15, -0.1) is 0 Å². The minimum absolute atomic E-state index is 0.0921. The lowest BCUT2D eigenvalue weighted by Crippen LogP contribution is -2.30. The standard InChI is InChI=1S/C11H14ClFN2O2S2/c12-7-4-9(14)11(13)10(5-7)19(16,17)15-6-8-2-1-3-18-8/h4-5,8,15H,1-3,6,14H2. The summed E-state index contributed by atoms with van der Waals surface area (Å²) in [6.45, 7) is 0.291. The van der Waals surface area contributed by atoms with Crippen LogP contribution in [0.25, 0.3) is 0 Å². The minimum atomic E-state index is -3.93. The smallest absolute Gasteiger partial charge is 0.243 e. The first-order chi connectivity index (χ1) is 8.90. The van der Waals surface area contributed by atoms with Crippen LogP contribution in [0.15, 0.2) is 17.0 Å². The predicted octanol–water partition coefficient (Wildman–Crippen LogP) is 2.24. The van der Waals surface area contributed by atoms with E-state index in [2.05, 4.69) is 4.72 Å². The van der Waals surface area contributed by atoms with Gasteiger partial charge in [0.15, 0.2) is 5.82 Å². The van der Waals surface area contributed by atoms with E-state index in [1.807, 2.05) is 0 Å². The van der Waals surface area contributed by atoms with Crippen molar-refractivity contribution in [3.8, 4) is 0 Å². The van der Waals surface area contributed by atoms with Gasteiger partial charge in [-0.2, -0.15) is 11.8 Å². The van der Waals surface area contributed by atoms with Gasteiger partial charge in [0.25, 0.3) is 0 Å². The van der Waals surface area contributed by atoms with E-state index < -0.39 is 20.7 Å². The first-order valence-electron chi connectivity index (χ1n) is 5.76. The molecule has 0 saturated carbocycles. The number of sulfonamides is 1. The van der Waals surface area contributed by atoms with Gasteiger partial charge in [0.1, 0.15) is 4.90 Å². The quantitative estimate of drug-likeness (QED) is 0.833. The Balaban J connectivity index is 2.19. The average Bonchev–Trinajstić information content (AvgIpc) is 2.84. The maximum Gasteiger partial charge on any atom is 0.243 e. The Morgan fingerprint density at radius 3 is 2.89 bits per heavy atom. The highest BCUT2D eigenvalue weighted by atomic mass is 35.5. The number of nitrogens with two attached hydrogens (primary N) is 1. The van der Waals surface area contributed by atoms with Crippen LogP contribution in [0.1, 0.15) is 12.8 Å². The fourth-order valence-electron chi connectivity index (χ4n) is 1.87. The SMILES string of the molecule is Nc1cc(Cl)cc(S(=O)(=O)NCC2CCCS2)c1F. The maximum atomic E-state index is 13.8. The summed E-state index contributed by atoms with van der Waals surface area (Å²) in [7, 11) is -3.93. The van der Waals surface area contributed by atoms with Gasteiger partial charge in [0, 0.05) is 16.8 Å². The zero-order chi connectivity index (χ0) is 14.0. The second-order valence-corrected chi connectivity index (χ2v) is 7.87. The molecule has 3 N–H and O–H groups in total. The largest absolute Gasteiger partial charge is 0.396 e. The van der Waals surface area contributed by atoms with Crippen molar-refractivity contribution < 1.29 is 12.8 Å². The number of benzene rings is 1. The van der Waals surface area contributed by atoms with Gasteiger partial charge in [0.05, 0.1) is 5.69 Å². The Morgan fingerprint density at radius 1 is 1.53 bits per heavy atom. The lowest BCUT2D eigenvalue weighted by Gasteiger charge is -2.12. The predicted molar refractivity (Wildman–Crippen MR) is 76.5 cm³/mol. The van der Waals surface area contributed by atoms with Crippen LogP contribution in [0.3, 0.4) is 0 Å². The van der Waals surface area contributed by atoms with Crippen molar-refractivity contribution in [2.24, 2.45) is 0 Å². The van der Waals surface area contributed by atoms with Crippen molar-refractivity contribution in [2.45, 2.75) is 23.0 Å². The maximum absolute atomic E-state index is 13.8. The number of thioether (sulfide) groups is 1. The molecular weight excluding hydrogens is 311 g/mol. The third-order valence-electron chi connectivity index (χ3n) is 2.85. The van der Waals surface area contributed by atoms with Crippen molar-refractivity contribution in [1.82, 2.24) is 4.72 Å². The first-order valence-corrected chi connectivity index (χ1v) is 8.67. The summed E-state index contributed by atoms with van der Waals surface area (Å²) >= 11 is 7.43. The van der Waals surface area contributed by atoms with Gasteiger partial charge >= 0.3 is 0 Å². The highest BCUT2D eigenvalue weighted by molar-refractivity contribution is 8.00. The van der Waals surface area contributed by atoms with Crippen LogP contribution in [-0.4, -0.2) is 26.0 Å². The number of nitrogens with one attached hydrogen (secondary N) is 1. The Kier molecular flexibility index (Phi) is 4.60. The van der Waals surface area contributed by atoms with Gasteiger partial charge in [-0.05, 0) is 30.7 Å². The van der Waals surface area contributed by atoms with E-state index >= 15 is 0 Å². The molecule has 2 rings (SSSR count). The molecular formula is C11H14ClFN2O2S2. The zero-order valence-corrected chi connectivity index (χ0v) is 12.4. The van der Waals surface area contributed by atoms with Crippen LogP contribution >= 0.6 is 23.4 Å². The molecule has 1 aromatic carbocycles. The lowest BCUT2D eigenvalue weighted by atomic mass is 10.2. The molecule has 0 aliphatic carbocycles. The number of hydrogen-bond acceptors (Lipinski definition) is 4. The summed E-state index contributed by atoms with van der Waals surface area (Å²) in [6.07, 6.45) is 2.04. The van der Waals surface area contributed by atoms with Crippen LogP contribution in [0.4, 0.5) is 10.1 Å². The normalized spacial score (nSPS) is 19.8. The van der Waals surface area contributed by atoms with E-state index in [0.717, 1.165) is 24.7 Å². The van der Waals surface area contributed by atoms with Crippen LogP contribution in [0.2, 0.25) is 5.02 Å². The molecule has 1 heterocycles. The topological polar surface area (TPSA) is 72.2 Å². The molecule has 4 nitrogen and oxygen atoms in total. The Labute approximate surface area is 120 Å². The van der Waals surface area contributed by atoms with Gasteiger partial charge < -0.3 is 5.73 Å². The van der Waals surface area contributed by atoms with Crippen LogP contribution in [-0.2, 0) is 10.0 Å². The highest BCUT2D eigenvalue weighted by Crippen LogP contribution is 2.27. The van der Waals surface area contributed by atoms with Crippen molar-refractivity contribution in [3.63, 3.8) is 0 Å². The molecule has 106 valence electrons. The second-order valence-electron chi connectivity index (χ2n) is 4.29. The van der Waals surface area contributed by atoms with E-state index in [4.69, 9.17) is 17.3 Å². The third kappa shape index (κ3) is 3.53. The molecule has 1 fully saturated rings. The second kappa shape index (κ2) is 5.87. The molecule has 19 heavy (non-hydrogen) atoms. The molecule has 1 atom stereocenters. The van der Waals surface area contributed by atoms with Crippen LogP contribution in [0.5, 0.6) is 0 Å². The number of anilines is 1. The van der Waals surface area contributed by atoms with Crippen LogP contribution < -0.4 is 10.5 Å². The van der Waals surface area contributed by atoms with Crippen molar-refractivity contribution >= 4 is 39.1 Å². The van der Waals surface area contributed by atoms with E-state index in [0.29, 0.717) is 6.54 Å². The molecule has 0 radical (unpaired) electrons. The fourth-order valence-corrected chi connectivity index (χ4v) is 4.68. The molecule has 0 bridgehead atoms. The van der Waals surface area contributed by atoms with Gasteiger partial charge in [0.2, 0.25) is 10.0 Å². The number of rotatable bonds is 4. The summed E-state index contributed by atoms with van der Waals surface area (Å²) in [6, 6.07) is 2.25. The average molecular weight is 325 g/mol. The Bertz CT molecular complexity index is 574. The summed E-state index contributed by atoms with van der Waals surface area (Å²) in [5, 5.41) is 0.337. The van der Waals surface area contributed by atoms with E-state index in [1.54, 1.807) is 11.8 Å². The zero-order valence-electron chi connectivity index (χ0n) is 10.0. The van der Waals surface area contributed by atoms with Gasteiger partial charge in [-0.1, -0.05) is 11.6 Å².